The van der Waals surface area contributed by atoms with Crippen LogP contribution in [0, 0.1) is 13.8 Å². The Balaban J connectivity index is 1.46. The van der Waals surface area contributed by atoms with Crippen LogP contribution in [0.15, 0.2) is 65.6 Å². The van der Waals surface area contributed by atoms with Gasteiger partial charge in [0, 0.05) is 35.7 Å². The Morgan fingerprint density at radius 3 is 2.26 bits per heavy atom. The molecule has 0 spiro atoms. The fourth-order valence-corrected chi connectivity index (χ4v) is 6.09. The molecule has 0 amide bonds. The molecule has 1 aliphatic rings. The Morgan fingerprint density at radius 2 is 1.57 bits per heavy atom. The van der Waals surface area contributed by atoms with Crippen LogP contribution in [0.4, 0.5) is 0 Å². The summed E-state index contributed by atoms with van der Waals surface area (Å²) in [5.41, 5.74) is 3.19. The van der Waals surface area contributed by atoms with Crippen molar-refractivity contribution >= 4 is 21.8 Å². The number of benzene rings is 2. The number of aryl methyl sites for hydroxylation is 1. The zero-order chi connectivity index (χ0) is 25.0. The molecule has 7 nitrogen and oxygen atoms in total. The highest BCUT2D eigenvalue weighted by molar-refractivity contribution is 7.89. The van der Waals surface area contributed by atoms with Gasteiger partial charge in [-0.15, -0.1) is 0 Å². The fraction of sp³-hybridized carbons (Fsp3) is 0.333. The number of sulfonamides is 1. The zero-order valence-electron chi connectivity index (χ0n) is 20.1. The number of aromatic nitrogens is 1. The van der Waals surface area contributed by atoms with Crippen LogP contribution in [0.2, 0.25) is 0 Å². The molecule has 0 atom stereocenters. The standard InChI is InChI=1S/C27H30N2O5S/c1-20-17-25(21(2)29(20)23-12-6-5-7-13-23)26(30)19-34-27(31)22-11-10-14-24(18-22)35(32,33)28-15-8-3-4-9-16-28/h5-7,10-14,17-18H,3-4,8-9,15-16,19H2,1-2H3. The van der Waals surface area contributed by atoms with Crippen molar-refractivity contribution in [3.05, 3.63) is 83.2 Å². The van der Waals surface area contributed by atoms with Gasteiger partial charge in [-0.25, -0.2) is 13.2 Å². The molecule has 3 aromatic rings. The lowest BCUT2D eigenvalue weighted by molar-refractivity contribution is 0.0474. The molecule has 0 saturated carbocycles. The van der Waals surface area contributed by atoms with Gasteiger partial charge < -0.3 is 9.30 Å². The first-order valence-electron chi connectivity index (χ1n) is 11.8. The molecular weight excluding hydrogens is 464 g/mol. The normalized spacial score (nSPS) is 14.9. The highest BCUT2D eigenvalue weighted by atomic mass is 32.2. The first-order valence-corrected chi connectivity index (χ1v) is 13.3. The smallest absolute Gasteiger partial charge is 0.338 e. The number of Topliss-reactive ketones (excluding diaryl/α,β-unsaturated/α-hetero) is 1. The van der Waals surface area contributed by atoms with Crippen LogP contribution in [0.25, 0.3) is 5.69 Å². The van der Waals surface area contributed by atoms with Crippen molar-refractivity contribution in [3.8, 4) is 5.69 Å². The van der Waals surface area contributed by atoms with Gasteiger partial charge in [-0.05, 0) is 63.1 Å². The minimum absolute atomic E-state index is 0.0617. The molecule has 2 aromatic carbocycles. The van der Waals surface area contributed by atoms with Gasteiger partial charge in [-0.3, -0.25) is 4.79 Å². The number of ether oxygens (including phenoxy) is 1. The molecule has 0 aliphatic carbocycles. The predicted octanol–water partition coefficient (Wildman–Crippen LogP) is 4.70. The number of rotatable bonds is 7. The van der Waals surface area contributed by atoms with Gasteiger partial charge in [0.05, 0.1) is 10.5 Å². The van der Waals surface area contributed by atoms with E-state index in [4.69, 9.17) is 4.74 Å². The van der Waals surface area contributed by atoms with Crippen molar-refractivity contribution in [3.63, 3.8) is 0 Å². The summed E-state index contributed by atoms with van der Waals surface area (Å²) in [5.74, 6) is -1.05. The average Bonchev–Trinajstić information content (AvgIpc) is 3.03. The van der Waals surface area contributed by atoms with Crippen LogP contribution in [0.1, 0.15) is 57.8 Å². The van der Waals surface area contributed by atoms with Gasteiger partial charge >= 0.3 is 5.97 Å². The van der Waals surface area contributed by atoms with Crippen molar-refractivity contribution in [2.75, 3.05) is 19.7 Å². The lowest BCUT2D eigenvalue weighted by atomic mass is 10.1. The lowest BCUT2D eigenvalue weighted by Crippen LogP contribution is -2.32. The molecule has 4 rings (SSSR count). The highest BCUT2D eigenvalue weighted by Crippen LogP contribution is 2.23. The third kappa shape index (κ3) is 5.39. The quantitative estimate of drug-likeness (QED) is 0.351. The summed E-state index contributed by atoms with van der Waals surface area (Å²) >= 11 is 0. The van der Waals surface area contributed by atoms with E-state index in [1.165, 1.54) is 28.6 Å². The Bertz CT molecular complexity index is 1320. The second-order valence-corrected chi connectivity index (χ2v) is 10.7. The number of ketones is 1. The maximum absolute atomic E-state index is 13.1. The number of esters is 1. The number of nitrogens with zero attached hydrogens (tertiary/aromatic N) is 2. The zero-order valence-corrected chi connectivity index (χ0v) is 20.9. The molecule has 1 aromatic heterocycles. The van der Waals surface area contributed by atoms with Crippen LogP contribution in [-0.2, 0) is 14.8 Å². The SMILES string of the molecule is Cc1cc(C(=O)COC(=O)c2cccc(S(=O)(=O)N3CCCCCC3)c2)c(C)n1-c1ccccc1. The summed E-state index contributed by atoms with van der Waals surface area (Å²) < 4.78 is 34.9. The molecular formula is C27H30N2O5S. The Labute approximate surface area is 206 Å². The molecule has 35 heavy (non-hydrogen) atoms. The van der Waals surface area contributed by atoms with Gasteiger partial charge in [-0.1, -0.05) is 37.1 Å². The summed E-state index contributed by atoms with van der Waals surface area (Å²) in [7, 11) is -3.69. The molecule has 1 aliphatic heterocycles. The molecule has 0 radical (unpaired) electrons. The minimum Gasteiger partial charge on any atom is -0.454 e. The number of carbonyl (C=O) groups is 2. The average molecular weight is 495 g/mol. The van der Waals surface area contributed by atoms with Crippen LogP contribution in [0.3, 0.4) is 0 Å². The summed E-state index contributed by atoms with van der Waals surface area (Å²) in [6.45, 7) is 4.30. The number of hydrogen-bond donors (Lipinski definition) is 0. The molecule has 8 heteroatoms. The summed E-state index contributed by atoms with van der Waals surface area (Å²) in [6.07, 6.45) is 3.68. The molecule has 0 N–H and O–H groups in total. The molecule has 184 valence electrons. The molecule has 1 fully saturated rings. The number of hydrogen-bond acceptors (Lipinski definition) is 5. The van der Waals surface area contributed by atoms with Crippen LogP contribution in [0.5, 0.6) is 0 Å². The monoisotopic (exact) mass is 494 g/mol. The predicted molar refractivity (Wildman–Crippen MR) is 134 cm³/mol. The first kappa shape index (κ1) is 24.9. The van der Waals surface area contributed by atoms with E-state index in [2.05, 4.69) is 0 Å². The van der Waals surface area contributed by atoms with E-state index in [0.717, 1.165) is 42.8 Å². The van der Waals surface area contributed by atoms with Crippen molar-refractivity contribution in [2.24, 2.45) is 0 Å². The third-order valence-electron chi connectivity index (χ3n) is 6.35. The summed E-state index contributed by atoms with van der Waals surface area (Å²) in [4.78, 5) is 25.6. The lowest BCUT2D eigenvalue weighted by Gasteiger charge is -2.20. The molecule has 0 unspecified atom stereocenters. The van der Waals surface area contributed by atoms with Gasteiger partial charge in [0.25, 0.3) is 0 Å². The van der Waals surface area contributed by atoms with Crippen molar-refractivity contribution in [2.45, 2.75) is 44.4 Å². The maximum atomic E-state index is 13.1. The van der Waals surface area contributed by atoms with Crippen LogP contribution in [-0.4, -0.2) is 48.7 Å². The first-order chi connectivity index (χ1) is 16.8. The van der Waals surface area contributed by atoms with E-state index in [0.29, 0.717) is 18.7 Å². The number of para-hydroxylation sites is 1. The molecule has 0 bridgehead atoms. The topological polar surface area (TPSA) is 85.7 Å². The largest absolute Gasteiger partial charge is 0.454 e. The van der Waals surface area contributed by atoms with Gasteiger partial charge in [0.1, 0.15) is 0 Å². The van der Waals surface area contributed by atoms with E-state index < -0.39 is 22.6 Å². The van der Waals surface area contributed by atoms with E-state index in [-0.39, 0.29) is 16.2 Å². The van der Waals surface area contributed by atoms with Crippen molar-refractivity contribution < 1.29 is 22.7 Å². The van der Waals surface area contributed by atoms with Crippen molar-refractivity contribution in [1.82, 2.24) is 8.87 Å². The van der Waals surface area contributed by atoms with Crippen LogP contribution < -0.4 is 0 Å². The third-order valence-corrected chi connectivity index (χ3v) is 8.25. The van der Waals surface area contributed by atoms with E-state index in [1.54, 1.807) is 6.07 Å². The summed E-state index contributed by atoms with van der Waals surface area (Å²) in [5, 5.41) is 0. The summed E-state index contributed by atoms with van der Waals surface area (Å²) in [6, 6.07) is 17.3. The molecule has 2 heterocycles. The maximum Gasteiger partial charge on any atom is 0.338 e. The van der Waals surface area contributed by atoms with E-state index in [1.807, 2.05) is 48.7 Å². The Kier molecular flexibility index (Phi) is 7.52. The minimum atomic E-state index is -3.69. The van der Waals surface area contributed by atoms with Crippen LogP contribution >= 0.6 is 0 Å². The van der Waals surface area contributed by atoms with Crippen molar-refractivity contribution in [1.29, 1.82) is 0 Å². The highest BCUT2D eigenvalue weighted by Gasteiger charge is 2.26. The van der Waals surface area contributed by atoms with E-state index in [9.17, 15) is 18.0 Å². The van der Waals surface area contributed by atoms with Gasteiger partial charge in [0.2, 0.25) is 15.8 Å². The second-order valence-electron chi connectivity index (χ2n) is 8.80. The fourth-order valence-electron chi connectivity index (χ4n) is 4.53. The van der Waals surface area contributed by atoms with E-state index >= 15 is 0 Å². The second kappa shape index (κ2) is 10.6. The number of carbonyl (C=O) groups excluding carboxylic acids is 2. The molecule has 1 saturated heterocycles. The Hall–Kier alpha value is -3.23. The van der Waals surface area contributed by atoms with Gasteiger partial charge in [-0.2, -0.15) is 4.31 Å². The Morgan fingerprint density at radius 1 is 0.886 bits per heavy atom. The van der Waals surface area contributed by atoms with Gasteiger partial charge in [0.15, 0.2) is 6.61 Å².